The van der Waals surface area contributed by atoms with Crippen LogP contribution in [0.1, 0.15) is 24.8 Å². The number of nitrogens with two attached hydrogens (primary N) is 1. The molecule has 1 rings (SSSR count). The largest absolute Gasteiger partial charge is 0.409 e. The van der Waals surface area contributed by atoms with E-state index in [1.807, 2.05) is 19.1 Å². The highest BCUT2D eigenvalue weighted by atomic mass is 79.9. The molecule has 0 bridgehead atoms. The lowest BCUT2D eigenvalue weighted by atomic mass is 10.2. The SMILES string of the molecule is Cc1cc(Br)c(NCCCC/C(N)=N/O)cc1Cl. The normalized spacial score (nSPS) is 11.6. The van der Waals surface area contributed by atoms with Gasteiger partial charge in [0.25, 0.3) is 0 Å². The number of hydrogen-bond donors (Lipinski definition) is 3. The molecule has 4 nitrogen and oxygen atoms in total. The van der Waals surface area contributed by atoms with E-state index >= 15 is 0 Å². The Hall–Kier alpha value is -0.940. The first-order valence-corrected chi connectivity index (χ1v) is 6.87. The zero-order valence-electron chi connectivity index (χ0n) is 10.2. The molecule has 0 radical (unpaired) electrons. The molecule has 0 saturated carbocycles. The molecule has 0 spiro atoms. The van der Waals surface area contributed by atoms with Gasteiger partial charge in [0, 0.05) is 28.1 Å². The third kappa shape index (κ3) is 4.74. The van der Waals surface area contributed by atoms with Crippen LogP contribution in [-0.2, 0) is 0 Å². The number of hydrogen-bond acceptors (Lipinski definition) is 3. The minimum Gasteiger partial charge on any atom is -0.409 e. The van der Waals surface area contributed by atoms with Crippen molar-refractivity contribution in [2.75, 3.05) is 11.9 Å². The molecule has 0 aliphatic rings. The summed E-state index contributed by atoms with van der Waals surface area (Å²) in [5, 5.41) is 15.4. The summed E-state index contributed by atoms with van der Waals surface area (Å²) in [4.78, 5) is 0. The molecule has 4 N–H and O–H groups in total. The van der Waals surface area contributed by atoms with Gasteiger partial charge in [-0.2, -0.15) is 0 Å². The average molecular weight is 335 g/mol. The van der Waals surface area contributed by atoms with Gasteiger partial charge in [-0.3, -0.25) is 0 Å². The Labute approximate surface area is 120 Å². The fourth-order valence-corrected chi connectivity index (χ4v) is 2.25. The first kappa shape index (κ1) is 15.1. The number of oxime groups is 1. The van der Waals surface area contributed by atoms with Gasteiger partial charge in [-0.05, 0) is 53.4 Å². The predicted molar refractivity (Wildman–Crippen MR) is 79.6 cm³/mol. The van der Waals surface area contributed by atoms with Crippen LogP contribution in [0.2, 0.25) is 5.02 Å². The van der Waals surface area contributed by atoms with Gasteiger partial charge in [0.05, 0.1) is 0 Å². The van der Waals surface area contributed by atoms with E-state index in [0.29, 0.717) is 6.42 Å². The van der Waals surface area contributed by atoms with E-state index in [0.717, 1.165) is 40.1 Å². The van der Waals surface area contributed by atoms with Crippen molar-refractivity contribution < 1.29 is 5.21 Å². The van der Waals surface area contributed by atoms with Crippen LogP contribution in [0.5, 0.6) is 0 Å². The summed E-state index contributed by atoms with van der Waals surface area (Å²) in [6, 6.07) is 3.89. The Morgan fingerprint density at radius 2 is 2.22 bits per heavy atom. The second kappa shape index (κ2) is 7.48. The molecule has 1 aromatic rings. The van der Waals surface area contributed by atoms with Crippen LogP contribution in [0.25, 0.3) is 0 Å². The standard InChI is InChI=1S/C12H17BrClN3O/c1-8-6-9(13)11(7-10(8)14)16-5-3-2-4-12(15)17-18/h6-7,16,18H,2-5H2,1H3,(H2,15,17). The lowest BCUT2D eigenvalue weighted by Gasteiger charge is -2.10. The maximum atomic E-state index is 8.39. The lowest BCUT2D eigenvalue weighted by Crippen LogP contribution is -2.12. The van der Waals surface area contributed by atoms with Gasteiger partial charge in [0.1, 0.15) is 5.84 Å². The summed E-state index contributed by atoms with van der Waals surface area (Å²) in [5.41, 5.74) is 7.41. The maximum Gasteiger partial charge on any atom is 0.139 e. The molecule has 0 unspecified atom stereocenters. The number of unbranched alkanes of at least 4 members (excludes halogenated alkanes) is 1. The average Bonchev–Trinajstić information content (AvgIpc) is 2.34. The Balaban J connectivity index is 2.38. The van der Waals surface area contributed by atoms with Gasteiger partial charge in [-0.25, -0.2) is 0 Å². The molecule has 18 heavy (non-hydrogen) atoms. The Kier molecular flexibility index (Phi) is 6.29. The predicted octanol–water partition coefficient (Wildman–Crippen LogP) is 3.74. The van der Waals surface area contributed by atoms with Crippen LogP contribution in [0.4, 0.5) is 5.69 Å². The fourth-order valence-electron chi connectivity index (χ4n) is 1.49. The van der Waals surface area contributed by atoms with Crippen molar-refractivity contribution in [3.05, 3.63) is 27.2 Å². The molecule has 0 atom stereocenters. The minimum atomic E-state index is 0.273. The van der Waals surface area contributed by atoms with Crippen LogP contribution in [0.3, 0.4) is 0 Å². The van der Waals surface area contributed by atoms with Crippen LogP contribution >= 0.6 is 27.5 Å². The van der Waals surface area contributed by atoms with E-state index in [-0.39, 0.29) is 5.84 Å². The molecule has 0 saturated heterocycles. The van der Waals surface area contributed by atoms with E-state index in [1.54, 1.807) is 0 Å². The highest BCUT2D eigenvalue weighted by molar-refractivity contribution is 9.10. The van der Waals surface area contributed by atoms with Crippen molar-refractivity contribution >= 4 is 39.1 Å². The van der Waals surface area contributed by atoms with Gasteiger partial charge >= 0.3 is 0 Å². The van der Waals surface area contributed by atoms with Gasteiger partial charge in [-0.1, -0.05) is 16.8 Å². The van der Waals surface area contributed by atoms with E-state index in [1.165, 1.54) is 0 Å². The number of halogens is 2. The summed E-state index contributed by atoms with van der Waals surface area (Å²) in [6.07, 6.45) is 2.42. The third-order valence-corrected chi connectivity index (χ3v) is 3.62. The molecule has 0 amide bonds. The van der Waals surface area contributed by atoms with E-state index in [9.17, 15) is 0 Å². The van der Waals surface area contributed by atoms with Crippen LogP contribution < -0.4 is 11.1 Å². The number of nitrogens with one attached hydrogen (secondary N) is 1. The van der Waals surface area contributed by atoms with Crippen molar-refractivity contribution in [2.45, 2.75) is 26.2 Å². The van der Waals surface area contributed by atoms with E-state index < -0.39 is 0 Å². The molecule has 0 aliphatic carbocycles. The number of nitrogens with zero attached hydrogens (tertiary/aromatic N) is 1. The number of rotatable bonds is 6. The number of anilines is 1. The van der Waals surface area contributed by atoms with Crippen molar-refractivity contribution in [2.24, 2.45) is 10.9 Å². The first-order valence-electron chi connectivity index (χ1n) is 5.70. The van der Waals surface area contributed by atoms with Gasteiger partial charge in [0.15, 0.2) is 0 Å². The van der Waals surface area contributed by atoms with Crippen molar-refractivity contribution in [1.82, 2.24) is 0 Å². The van der Waals surface area contributed by atoms with Gasteiger partial charge in [-0.15, -0.1) is 0 Å². The third-order valence-electron chi connectivity index (χ3n) is 2.55. The van der Waals surface area contributed by atoms with E-state index in [2.05, 4.69) is 26.4 Å². The minimum absolute atomic E-state index is 0.273. The fraction of sp³-hybridized carbons (Fsp3) is 0.417. The molecule has 0 aromatic heterocycles. The smallest absolute Gasteiger partial charge is 0.139 e. The Bertz CT molecular complexity index is 438. The van der Waals surface area contributed by atoms with Gasteiger partial charge < -0.3 is 16.3 Å². The molecule has 6 heteroatoms. The first-order chi connectivity index (χ1) is 8.54. The van der Waals surface area contributed by atoms with Crippen LogP contribution in [0, 0.1) is 6.92 Å². The zero-order chi connectivity index (χ0) is 13.5. The topological polar surface area (TPSA) is 70.6 Å². The second-order valence-corrected chi connectivity index (χ2v) is 5.32. The zero-order valence-corrected chi connectivity index (χ0v) is 12.6. The molecular formula is C12H17BrClN3O. The maximum absolute atomic E-state index is 8.39. The summed E-state index contributed by atoms with van der Waals surface area (Å²) in [7, 11) is 0. The molecule has 100 valence electrons. The molecule has 1 aromatic carbocycles. The van der Waals surface area contributed by atoms with Crippen molar-refractivity contribution in [1.29, 1.82) is 0 Å². The summed E-state index contributed by atoms with van der Waals surface area (Å²) in [6.45, 7) is 2.78. The molecule has 0 aliphatic heterocycles. The lowest BCUT2D eigenvalue weighted by molar-refractivity contribution is 0.316. The summed E-state index contributed by atoms with van der Waals surface area (Å²) >= 11 is 9.56. The molecule has 0 fully saturated rings. The summed E-state index contributed by atoms with van der Waals surface area (Å²) in [5.74, 6) is 0.273. The molecular weight excluding hydrogens is 318 g/mol. The van der Waals surface area contributed by atoms with Crippen molar-refractivity contribution in [3.63, 3.8) is 0 Å². The van der Waals surface area contributed by atoms with Crippen molar-refractivity contribution in [3.8, 4) is 0 Å². The quantitative estimate of drug-likeness (QED) is 0.244. The Morgan fingerprint density at radius 1 is 1.50 bits per heavy atom. The van der Waals surface area contributed by atoms with Gasteiger partial charge in [0.2, 0.25) is 0 Å². The second-order valence-electron chi connectivity index (χ2n) is 4.06. The monoisotopic (exact) mass is 333 g/mol. The number of aryl methyl sites for hydroxylation is 1. The summed E-state index contributed by atoms with van der Waals surface area (Å²) < 4.78 is 1.00. The highest BCUT2D eigenvalue weighted by Gasteiger charge is 2.03. The van der Waals surface area contributed by atoms with Crippen LogP contribution in [-0.4, -0.2) is 17.6 Å². The van der Waals surface area contributed by atoms with Crippen LogP contribution in [0.15, 0.2) is 21.8 Å². The Morgan fingerprint density at radius 3 is 2.89 bits per heavy atom. The number of benzene rings is 1. The highest BCUT2D eigenvalue weighted by Crippen LogP contribution is 2.29. The van der Waals surface area contributed by atoms with E-state index in [4.69, 9.17) is 22.5 Å². The number of amidine groups is 1. The molecule has 0 heterocycles.